The number of pyridine rings is 1. The van der Waals surface area contributed by atoms with Gasteiger partial charge in [0.2, 0.25) is 0 Å². The lowest BCUT2D eigenvalue weighted by Gasteiger charge is -2.30. The maximum atomic E-state index is 11.3. The van der Waals surface area contributed by atoms with E-state index in [4.69, 9.17) is 17.5 Å². The van der Waals surface area contributed by atoms with E-state index in [0.29, 0.717) is 12.1 Å². The first-order valence-corrected chi connectivity index (χ1v) is 9.88. The Labute approximate surface area is 126 Å². The van der Waals surface area contributed by atoms with E-state index in [1.165, 1.54) is 21.3 Å². The summed E-state index contributed by atoms with van der Waals surface area (Å²) in [5, 5.41) is 0. The molecule has 0 bridgehead atoms. The molecular formula is C12H21NO6SSi. The lowest BCUT2D eigenvalue weighted by atomic mass is 10.2. The summed E-state index contributed by atoms with van der Waals surface area (Å²) in [6.45, 7) is 1.90. The van der Waals surface area contributed by atoms with Crippen LogP contribution in [0.25, 0.3) is 0 Å². The quantitative estimate of drug-likeness (QED) is 0.522. The fraction of sp³-hybridized carbons (Fsp3) is 0.583. The first-order valence-electron chi connectivity index (χ1n) is 6.26. The zero-order valence-corrected chi connectivity index (χ0v) is 14.6. The Balaban J connectivity index is 3.02. The Morgan fingerprint density at radius 2 is 1.81 bits per heavy atom. The van der Waals surface area contributed by atoms with Crippen molar-refractivity contribution in [1.29, 1.82) is 0 Å². The van der Waals surface area contributed by atoms with Crippen LogP contribution < -0.4 is 4.18 Å². The van der Waals surface area contributed by atoms with Crippen molar-refractivity contribution in [2.24, 2.45) is 0 Å². The molecule has 0 spiro atoms. The third kappa shape index (κ3) is 4.75. The van der Waals surface area contributed by atoms with E-state index in [-0.39, 0.29) is 11.3 Å². The summed E-state index contributed by atoms with van der Waals surface area (Å²) < 4.78 is 43.8. The number of rotatable bonds is 8. The van der Waals surface area contributed by atoms with Crippen LogP contribution in [0, 0.1) is 0 Å². The summed E-state index contributed by atoms with van der Waals surface area (Å²) in [6.07, 6.45) is 2.98. The average Bonchev–Trinajstić information content (AvgIpc) is 2.42. The highest BCUT2D eigenvalue weighted by molar-refractivity contribution is 7.86. The van der Waals surface area contributed by atoms with Crippen molar-refractivity contribution in [1.82, 2.24) is 4.98 Å². The molecule has 0 radical (unpaired) electrons. The highest BCUT2D eigenvalue weighted by atomic mass is 32.2. The Bertz CT molecular complexity index is 552. The Morgan fingerprint density at radius 3 is 2.29 bits per heavy atom. The van der Waals surface area contributed by atoms with Crippen molar-refractivity contribution in [3.05, 3.63) is 24.0 Å². The molecule has 21 heavy (non-hydrogen) atoms. The molecular weight excluding hydrogens is 314 g/mol. The molecule has 0 aromatic carbocycles. The molecule has 0 aliphatic heterocycles. The minimum Gasteiger partial charge on any atom is -0.381 e. The van der Waals surface area contributed by atoms with Crippen LogP contribution in [-0.2, 0) is 29.8 Å². The van der Waals surface area contributed by atoms with Gasteiger partial charge in [0.1, 0.15) is 0 Å². The third-order valence-electron chi connectivity index (χ3n) is 3.05. The molecule has 0 saturated heterocycles. The zero-order valence-electron chi connectivity index (χ0n) is 12.8. The first kappa shape index (κ1) is 18.0. The van der Waals surface area contributed by atoms with Gasteiger partial charge < -0.3 is 17.5 Å². The smallest absolute Gasteiger partial charge is 0.381 e. The molecule has 1 unspecified atom stereocenters. The van der Waals surface area contributed by atoms with Crippen LogP contribution in [0.4, 0.5) is 0 Å². The molecule has 0 saturated carbocycles. The molecule has 0 N–H and O–H groups in total. The molecule has 1 aromatic rings. The first-order chi connectivity index (χ1) is 9.78. The molecule has 7 nitrogen and oxygen atoms in total. The third-order valence-corrected chi connectivity index (χ3v) is 6.65. The highest BCUT2D eigenvalue weighted by Gasteiger charge is 2.45. The maximum Gasteiger partial charge on any atom is 0.503 e. The topological polar surface area (TPSA) is 83.9 Å². The van der Waals surface area contributed by atoms with E-state index in [2.05, 4.69) is 4.98 Å². The predicted octanol–water partition coefficient (Wildman–Crippen LogP) is 1.23. The van der Waals surface area contributed by atoms with Gasteiger partial charge in [-0.25, -0.2) is 0 Å². The van der Waals surface area contributed by atoms with Crippen LogP contribution in [0.15, 0.2) is 18.3 Å². The van der Waals surface area contributed by atoms with Gasteiger partial charge >= 0.3 is 18.9 Å². The molecule has 1 atom stereocenters. The summed E-state index contributed by atoms with van der Waals surface area (Å²) in [5.74, 6) is 0.207. The van der Waals surface area contributed by atoms with Crippen LogP contribution in [0.1, 0.15) is 12.6 Å². The number of aromatic nitrogens is 1. The second-order valence-electron chi connectivity index (χ2n) is 4.56. The minimum atomic E-state index is -3.61. The Hall–Kier alpha value is -1.00. The van der Waals surface area contributed by atoms with Crippen molar-refractivity contribution < 1.29 is 25.9 Å². The molecule has 0 aliphatic carbocycles. The summed E-state index contributed by atoms with van der Waals surface area (Å²) in [6, 6.07) is 3.17. The molecule has 1 heterocycles. The van der Waals surface area contributed by atoms with E-state index in [9.17, 15) is 8.42 Å². The van der Waals surface area contributed by atoms with Gasteiger partial charge in [-0.2, -0.15) is 8.42 Å². The predicted molar refractivity (Wildman–Crippen MR) is 79.6 cm³/mol. The van der Waals surface area contributed by atoms with E-state index in [1.807, 2.05) is 6.92 Å². The lowest BCUT2D eigenvalue weighted by molar-refractivity contribution is 0.113. The fourth-order valence-corrected chi connectivity index (χ4v) is 4.71. The number of nitrogens with zero attached hydrogens (tertiary/aromatic N) is 1. The van der Waals surface area contributed by atoms with Crippen LogP contribution in [0.5, 0.6) is 5.75 Å². The standard InChI is InChI=1S/C12H21NO6SSi/c1-10(21(16-2,17-3)18-4)9-11-12(7-6-8-13-11)19-20(5,14)15/h6-8,10H,9H2,1-5H3. The normalized spacial score (nSPS) is 14.0. The van der Waals surface area contributed by atoms with E-state index in [0.717, 1.165) is 6.26 Å². The number of hydrogen-bond donors (Lipinski definition) is 0. The van der Waals surface area contributed by atoms with Gasteiger partial charge in [-0.1, -0.05) is 6.92 Å². The Kier molecular flexibility index (Phi) is 6.29. The average molecular weight is 335 g/mol. The molecule has 0 amide bonds. The summed E-state index contributed by atoms with van der Waals surface area (Å²) >= 11 is 0. The second-order valence-corrected chi connectivity index (χ2v) is 9.55. The number of hydrogen-bond acceptors (Lipinski definition) is 7. The van der Waals surface area contributed by atoms with E-state index < -0.39 is 18.9 Å². The molecule has 1 rings (SSSR count). The van der Waals surface area contributed by atoms with Gasteiger partial charge in [0.05, 0.1) is 11.9 Å². The molecule has 0 aliphatic rings. The largest absolute Gasteiger partial charge is 0.503 e. The molecule has 9 heteroatoms. The second kappa shape index (κ2) is 7.32. The van der Waals surface area contributed by atoms with Crippen LogP contribution in [-0.4, -0.2) is 49.8 Å². The monoisotopic (exact) mass is 335 g/mol. The molecule has 120 valence electrons. The van der Waals surface area contributed by atoms with Gasteiger partial charge in [0, 0.05) is 39.5 Å². The SMILES string of the molecule is CO[Si](OC)(OC)C(C)Cc1ncccc1OS(C)(=O)=O. The minimum absolute atomic E-state index is 0.116. The molecule has 0 fully saturated rings. The van der Waals surface area contributed by atoms with Crippen LogP contribution in [0.2, 0.25) is 5.54 Å². The van der Waals surface area contributed by atoms with Crippen molar-refractivity contribution in [3.8, 4) is 5.75 Å². The summed E-state index contributed by atoms with van der Waals surface area (Å²) in [7, 11) is -1.85. The van der Waals surface area contributed by atoms with Gasteiger partial charge in [-0.15, -0.1) is 0 Å². The van der Waals surface area contributed by atoms with E-state index in [1.54, 1.807) is 18.3 Å². The van der Waals surface area contributed by atoms with Gasteiger partial charge in [-0.3, -0.25) is 4.98 Å². The maximum absolute atomic E-state index is 11.3. The van der Waals surface area contributed by atoms with Crippen LogP contribution >= 0.6 is 0 Å². The van der Waals surface area contributed by atoms with Gasteiger partial charge in [0.15, 0.2) is 5.75 Å². The van der Waals surface area contributed by atoms with Crippen LogP contribution in [0.3, 0.4) is 0 Å². The summed E-state index contributed by atoms with van der Waals surface area (Å²) in [5.41, 5.74) is 0.396. The van der Waals surface area contributed by atoms with Crippen molar-refractivity contribution >= 4 is 18.9 Å². The lowest BCUT2D eigenvalue weighted by Crippen LogP contribution is -2.47. The van der Waals surface area contributed by atoms with Crippen molar-refractivity contribution in [3.63, 3.8) is 0 Å². The Morgan fingerprint density at radius 1 is 1.24 bits per heavy atom. The zero-order chi connectivity index (χ0) is 16.1. The van der Waals surface area contributed by atoms with Gasteiger partial charge in [-0.05, 0) is 12.1 Å². The molecule has 1 aromatic heterocycles. The van der Waals surface area contributed by atoms with E-state index >= 15 is 0 Å². The summed E-state index contributed by atoms with van der Waals surface area (Å²) in [4.78, 5) is 4.19. The fourth-order valence-electron chi connectivity index (χ4n) is 2.08. The van der Waals surface area contributed by atoms with Crippen molar-refractivity contribution in [2.75, 3.05) is 27.6 Å². The van der Waals surface area contributed by atoms with Gasteiger partial charge in [0.25, 0.3) is 0 Å². The highest BCUT2D eigenvalue weighted by Crippen LogP contribution is 2.30. The van der Waals surface area contributed by atoms with Crippen molar-refractivity contribution in [2.45, 2.75) is 18.9 Å².